The van der Waals surface area contributed by atoms with Crippen molar-refractivity contribution >= 4 is 33.1 Å². The minimum atomic E-state index is 0.468. The molecule has 2 rings (SSSR count). The Morgan fingerprint density at radius 1 is 1.39 bits per heavy atom. The van der Waals surface area contributed by atoms with Crippen LogP contribution in [0, 0.1) is 0 Å². The molecule has 3 nitrogen and oxygen atoms in total. The van der Waals surface area contributed by atoms with Gasteiger partial charge in [0.1, 0.15) is 20.4 Å². The van der Waals surface area contributed by atoms with Crippen molar-refractivity contribution in [2.24, 2.45) is 0 Å². The van der Waals surface area contributed by atoms with Gasteiger partial charge in [-0.1, -0.05) is 19.9 Å². The second kappa shape index (κ2) is 5.28. The van der Waals surface area contributed by atoms with Gasteiger partial charge in [-0.05, 0) is 39.5 Å². The molecule has 0 bridgehead atoms. The van der Waals surface area contributed by atoms with E-state index < -0.39 is 0 Å². The van der Waals surface area contributed by atoms with Gasteiger partial charge < -0.3 is 10.5 Å². The molecule has 0 radical (unpaired) electrons. The lowest BCUT2D eigenvalue weighted by molar-refractivity contribution is 0.416. The van der Waals surface area contributed by atoms with Crippen LogP contribution in [0.15, 0.2) is 22.0 Å². The van der Waals surface area contributed by atoms with Gasteiger partial charge in [-0.2, -0.15) is 0 Å². The number of ether oxygens (including phenoxy) is 1. The lowest BCUT2D eigenvalue weighted by Gasteiger charge is -2.11. The second-order valence-electron chi connectivity index (χ2n) is 4.29. The Hall–Kier alpha value is -1.07. The van der Waals surface area contributed by atoms with Gasteiger partial charge in [-0.25, -0.2) is 4.98 Å². The highest BCUT2D eigenvalue weighted by atomic mass is 79.9. The Labute approximate surface area is 119 Å². The number of aromatic nitrogens is 1. The average Bonchev–Trinajstić information content (AvgIpc) is 2.68. The maximum absolute atomic E-state index is 5.78. The van der Waals surface area contributed by atoms with Crippen LogP contribution >= 0.6 is 27.3 Å². The summed E-state index contributed by atoms with van der Waals surface area (Å²) >= 11 is 4.92. The summed E-state index contributed by atoms with van der Waals surface area (Å²) in [7, 11) is 1.67. The molecule has 0 saturated carbocycles. The molecular weight excluding hydrogens is 312 g/mol. The largest absolute Gasteiger partial charge is 0.496 e. The molecule has 2 N–H and O–H groups in total. The molecule has 0 unspecified atom stereocenters. The zero-order valence-electron chi connectivity index (χ0n) is 10.5. The standard InChI is InChI=1S/C13H15BrN2OS/c1-7(2)8-4-5-10(17-3)9(6-8)13-16-12(15)11(14)18-13/h4-7H,15H2,1-3H3. The van der Waals surface area contributed by atoms with E-state index in [0.29, 0.717) is 11.7 Å². The lowest BCUT2D eigenvalue weighted by atomic mass is 10.0. The van der Waals surface area contributed by atoms with Crippen LogP contribution < -0.4 is 10.5 Å². The quantitative estimate of drug-likeness (QED) is 0.915. The van der Waals surface area contributed by atoms with Gasteiger partial charge in [0.2, 0.25) is 0 Å². The Balaban J connectivity index is 2.56. The number of thiazole rings is 1. The van der Waals surface area contributed by atoms with E-state index in [1.807, 2.05) is 6.07 Å². The van der Waals surface area contributed by atoms with E-state index in [1.54, 1.807) is 7.11 Å². The van der Waals surface area contributed by atoms with Crippen LogP contribution in [0.3, 0.4) is 0 Å². The lowest BCUT2D eigenvalue weighted by Crippen LogP contribution is -1.93. The molecular formula is C13H15BrN2OS. The van der Waals surface area contributed by atoms with Gasteiger partial charge in [0.05, 0.1) is 12.7 Å². The third-order valence-corrected chi connectivity index (χ3v) is 4.52. The average molecular weight is 327 g/mol. The van der Waals surface area contributed by atoms with E-state index in [0.717, 1.165) is 20.1 Å². The second-order valence-corrected chi connectivity index (χ2v) is 6.61. The van der Waals surface area contributed by atoms with Crippen molar-refractivity contribution in [3.8, 4) is 16.3 Å². The maximum Gasteiger partial charge on any atom is 0.149 e. The number of nitrogen functional groups attached to an aromatic ring is 1. The first kappa shape index (κ1) is 13.4. The number of anilines is 1. The number of halogens is 1. The monoisotopic (exact) mass is 326 g/mol. The van der Waals surface area contributed by atoms with Crippen molar-refractivity contribution in [1.82, 2.24) is 4.98 Å². The fourth-order valence-corrected chi connectivity index (χ4v) is 2.96. The molecule has 1 heterocycles. The zero-order valence-corrected chi connectivity index (χ0v) is 12.9. The molecule has 18 heavy (non-hydrogen) atoms. The van der Waals surface area contributed by atoms with E-state index in [-0.39, 0.29) is 0 Å². The number of nitrogens with zero attached hydrogens (tertiary/aromatic N) is 1. The van der Waals surface area contributed by atoms with Gasteiger partial charge in [-0.15, -0.1) is 11.3 Å². The van der Waals surface area contributed by atoms with Crippen LogP contribution in [-0.4, -0.2) is 12.1 Å². The van der Waals surface area contributed by atoms with Crippen LogP contribution in [0.4, 0.5) is 5.82 Å². The number of rotatable bonds is 3. The number of hydrogen-bond donors (Lipinski definition) is 1. The Morgan fingerprint density at radius 2 is 2.11 bits per heavy atom. The molecule has 0 saturated heterocycles. The Morgan fingerprint density at radius 3 is 2.61 bits per heavy atom. The fourth-order valence-electron chi connectivity index (χ4n) is 1.68. The van der Waals surface area contributed by atoms with Crippen LogP contribution in [0.2, 0.25) is 0 Å². The molecule has 96 valence electrons. The molecule has 2 aromatic rings. The fraction of sp³-hybridized carbons (Fsp3) is 0.308. The van der Waals surface area contributed by atoms with Crippen LogP contribution in [-0.2, 0) is 0 Å². The minimum absolute atomic E-state index is 0.468. The molecule has 5 heteroatoms. The van der Waals surface area contributed by atoms with Crippen LogP contribution in [0.5, 0.6) is 5.75 Å². The number of hydrogen-bond acceptors (Lipinski definition) is 4. The molecule has 0 aliphatic heterocycles. The smallest absolute Gasteiger partial charge is 0.149 e. The summed E-state index contributed by atoms with van der Waals surface area (Å²) in [6.45, 7) is 4.33. The predicted octanol–water partition coefficient (Wildman–Crippen LogP) is 4.29. The third kappa shape index (κ3) is 2.52. The first-order valence-electron chi connectivity index (χ1n) is 5.63. The van der Waals surface area contributed by atoms with E-state index >= 15 is 0 Å². The maximum atomic E-state index is 5.78. The number of methoxy groups -OCH3 is 1. The Bertz CT molecular complexity index is 547. The van der Waals surface area contributed by atoms with Crippen molar-refractivity contribution in [1.29, 1.82) is 0 Å². The van der Waals surface area contributed by atoms with Gasteiger partial charge in [0, 0.05) is 0 Å². The molecule has 0 aliphatic rings. The normalized spacial score (nSPS) is 10.9. The highest BCUT2D eigenvalue weighted by Crippen LogP contribution is 2.39. The molecule has 0 aliphatic carbocycles. The molecule has 0 spiro atoms. The van der Waals surface area contributed by atoms with E-state index in [4.69, 9.17) is 10.5 Å². The van der Waals surface area contributed by atoms with Gasteiger partial charge in [-0.3, -0.25) is 0 Å². The predicted molar refractivity (Wildman–Crippen MR) is 80.3 cm³/mol. The molecule has 0 amide bonds. The Kier molecular flexibility index (Phi) is 3.92. The summed E-state index contributed by atoms with van der Waals surface area (Å²) in [6, 6.07) is 6.18. The summed E-state index contributed by atoms with van der Waals surface area (Å²) in [5.74, 6) is 1.81. The topological polar surface area (TPSA) is 48.1 Å². The SMILES string of the molecule is COc1ccc(C(C)C)cc1-c1nc(N)c(Br)s1. The van der Waals surface area contributed by atoms with Gasteiger partial charge >= 0.3 is 0 Å². The van der Waals surface area contributed by atoms with Crippen molar-refractivity contribution in [2.45, 2.75) is 19.8 Å². The number of benzene rings is 1. The zero-order chi connectivity index (χ0) is 13.3. The molecule has 0 atom stereocenters. The van der Waals surface area contributed by atoms with Crippen molar-refractivity contribution in [2.75, 3.05) is 12.8 Å². The summed E-state index contributed by atoms with van der Waals surface area (Å²) in [5.41, 5.74) is 8.03. The number of nitrogens with two attached hydrogens (primary N) is 1. The summed E-state index contributed by atoms with van der Waals surface area (Å²) in [5, 5.41) is 0.874. The van der Waals surface area contributed by atoms with Crippen molar-refractivity contribution in [3.05, 3.63) is 27.5 Å². The highest BCUT2D eigenvalue weighted by Gasteiger charge is 2.14. The van der Waals surface area contributed by atoms with E-state index in [9.17, 15) is 0 Å². The van der Waals surface area contributed by atoms with Crippen molar-refractivity contribution in [3.63, 3.8) is 0 Å². The van der Waals surface area contributed by atoms with Gasteiger partial charge in [0.15, 0.2) is 0 Å². The minimum Gasteiger partial charge on any atom is -0.496 e. The summed E-state index contributed by atoms with van der Waals surface area (Å²) in [4.78, 5) is 4.36. The van der Waals surface area contributed by atoms with Crippen LogP contribution in [0.25, 0.3) is 10.6 Å². The van der Waals surface area contributed by atoms with Crippen LogP contribution in [0.1, 0.15) is 25.3 Å². The third-order valence-electron chi connectivity index (χ3n) is 2.73. The summed E-state index contributed by atoms with van der Waals surface area (Å²) < 4.78 is 6.25. The van der Waals surface area contributed by atoms with E-state index in [2.05, 4.69) is 46.9 Å². The van der Waals surface area contributed by atoms with Gasteiger partial charge in [0.25, 0.3) is 0 Å². The first-order valence-corrected chi connectivity index (χ1v) is 7.24. The highest BCUT2D eigenvalue weighted by molar-refractivity contribution is 9.11. The van der Waals surface area contributed by atoms with Crippen molar-refractivity contribution < 1.29 is 4.74 Å². The van der Waals surface area contributed by atoms with E-state index in [1.165, 1.54) is 16.9 Å². The molecule has 1 aromatic heterocycles. The molecule has 0 fully saturated rings. The summed E-state index contributed by atoms with van der Waals surface area (Å²) in [6.07, 6.45) is 0. The molecule has 1 aromatic carbocycles. The first-order chi connectivity index (χ1) is 8.52.